The van der Waals surface area contributed by atoms with Crippen LogP contribution in [0.3, 0.4) is 0 Å². The summed E-state index contributed by atoms with van der Waals surface area (Å²) in [5, 5.41) is 0. The van der Waals surface area contributed by atoms with E-state index in [9.17, 15) is 14.0 Å². The van der Waals surface area contributed by atoms with Gasteiger partial charge >= 0.3 is 0 Å². The molecule has 0 N–H and O–H groups in total. The number of Topliss-reactive ketones (excluding diaryl/α,β-unsaturated/α-hetero) is 2. The van der Waals surface area contributed by atoms with Crippen LogP contribution in [-0.4, -0.2) is 11.6 Å². The SMILES string of the molecule is O=C(C(=O)c1ccc(Oc2ccccc2)cc1)c1ccc(F)cc1. The number of hydrogen-bond acceptors (Lipinski definition) is 3. The van der Waals surface area contributed by atoms with E-state index in [1.54, 1.807) is 12.1 Å². The number of rotatable bonds is 5. The van der Waals surface area contributed by atoms with Gasteiger partial charge in [0.05, 0.1) is 0 Å². The molecule has 0 aromatic heterocycles. The molecule has 0 aliphatic heterocycles. The maximum absolute atomic E-state index is 12.9. The van der Waals surface area contributed by atoms with Gasteiger partial charge in [0.2, 0.25) is 11.6 Å². The lowest BCUT2D eigenvalue weighted by Crippen LogP contribution is -2.14. The van der Waals surface area contributed by atoms with E-state index in [1.165, 1.54) is 24.3 Å². The van der Waals surface area contributed by atoms with Gasteiger partial charge in [-0.15, -0.1) is 0 Å². The number of para-hydroxylation sites is 1. The van der Waals surface area contributed by atoms with Gasteiger partial charge in [-0.25, -0.2) is 4.39 Å². The van der Waals surface area contributed by atoms with Crippen molar-refractivity contribution in [1.29, 1.82) is 0 Å². The lowest BCUT2D eigenvalue weighted by molar-refractivity contribution is 0.0817. The Bertz CT molecular complexity index is 854. The average Bonchev–Trinajstić information content (AvgIpc) is 2.63. The zero-order valence-electron chi connectivity index (χ0n) is 12.6. The lowest BCUT2D eigenvalue weighted by Gasteiger charge is -2.06. The first-order valence-electron chi connectivity index (χ1n) is 7.31. The van der Waals surface area contributed by atoms with Crippen LogP contribution in [0.1, 0.15) is 20.7 Å². The summed E-state index contributed by atoms with van der Waals surface area (Å²) in [7, 11) is 0. The second-order valence-electron chi connectivity index (χ2n) is 5.10. The molecule has 0 bridgehead atoms. The van der Waals surface area contributed by atoms with E-state index in [-0.39, 0.29) is 11.1 Å². The molecule has 0 radical (unpaired) electrons. The fourth-order valence-corrected chi connectivity index (χ4v) is 2.16. The molecule has 3 aromatic rings. The molecular weight excluding hydrogens is 307 g/mol. The molecule has 3 rings (SSSR count). The molecule has 24 heavy (non-hydrogen) atoms. The Hall–Kier alpha value is -3.27. The molecule has 0 spiro atoms. The van der Waals surface area contributed by atoms with Gasteiger partial charge in [0.1, 0.15) is 17.3 Å². The molecule has 0 aliphatic rings. The Morgan fingerprint density at radius 2 is 1.08 bits per heavy atom. The van der Waals surface area contributed by atoms with E-state index < -0.39 is 17.4 Å². The van der Waals surface area contributed by atoms with Crippen molar-refractivity contribution in [3.8, 4) is 11.5 Å². The first kappa shape index (κ1) is 15.6. The summed E-state index contributed by atoms with van der Waals surface area (Å²) in [6.45, 7) is 0. The summed E-state index contributed by atoms with van der Waals surface area (Å²) in [6.07, 6.45) is 0. The molecule has 3 aromatic carbocycles. The Kier molecular flexibility index (Phi) is 4.47. The highest BCUT2D eigenvalue weighted by Gasteiger charge is 2.18. The molecule has 0 atom stereocenters. The van der Waals surface area contributed by atoms with Gasteiger partial charge in [0.15, 0.2) is 0 Å². The van der Waals surface area contributed by atoms with Gasteiger partial charge in [-0.1, -0.05) is 18.2 Å². The standard InChI is InChI=1S/C20H13FO3/c21-16-10-6-14(7-11-16)19(22)20(23)15-8-12-18(13-9-15)24-17-4-2-1-3-5-17/h1-13H. The Morgan fingerprint density at radius 3 is 1.62 bits per heavy atom. The van der Waals surface area contributed by atoms with Crippen molar-refractivity contribution in [2.24, 2.45) is 0 Å². The molecule has 0 fully saturated rings. The first-order valence-corrected chi connectivity index (χ1v) is 7.31. The van der Waals surface area contributed by atoms with Crippen LogP contribution in [0.5, 0.6) is 11.5 Å². The van der Waals surface area contributed by atoms with Crippen LogP contribution in [0.4, 0.5) is 4.39 Å². The van der Waals surface area contributed by atoms with E-state index in [0.29, 0.717) is 11.5 Å². The number of ether oxygens (including phenoxy) is 1. The van der Waals surface area contributed by atoms with Gasteiger partial charge in [-0.2, -0.15) is 0 Å². The number of carbonyl (C=O) groups is 2. The van der Waals surface area contributed by atoms with E-state index >= 15 is 0 Å². The summed E-state index contributed by atoms with van der Waals surface area (Å²) >= 11 is 0. The lowest BCUT2D eigenvalue weighted by atomic mass is 10.0. The van der Waals surface area contributed by atoms with E-state index in [1.807, 2.05) is 30.3 Å². The number of ketones is 2. The molecule has 3 nitrogen and oxygen atoms in total. The van der Waals surface area contributed by atoms with E-state index in [4.69, 9.17) is 4.74 Å². The zero-order valence-corrected chi connectivity index (χ0v) is 12.6. The Morgan fingerprint density at radius 1 is 0.625 bits per heavy atom. The normalized spacial score (nSPS) is 10.2. The summed E-state index contributed by atoms with van der Waals surface area (Å²) in [6, 6.07) is 20.4. The highest BCUT2D eigenvalue weighted by Crippen LogP contribution is 2.21. The van der Waals surface area contributed by atoms with Crippen molar-refractivity contribution in [2.75, 3.05) is 0 Å². The number of benzene rings is 3. The zero-order chi connectivity index (χ0) is 16.9. The molecule has 0 aliphatic carbocycles. The topological polar surface area (TPSA) is 43.4 Å². The average molecular weight is 320 g/mol. The molecule has 0 amide bonds. The maximum Gasteiger partial charge on any atom is 0.233 e. The van der Waals surface area contributed by atoms with Crippen molar-refractivity contribution >= 4 is 11.6 Å². The van der Waals surface area contributed by atoms with Gasteiger partial charge in [0, 0.05) is 11.1 Å². The van der Waals surface area contributed by atoms with Crippen LogP contribution < -0.4 is 4.74 Å². The van der Waals surface area contributed by atoms with Crippen molar-refractivity contribution in [1.82, 2.24) is 0 Å². The van der Waals surface area contributed by atoms with Crippen molar-refractivity contribution < 1.29 is 18.7 Å². The smallest absolute Gasteiger partial charge is 0.233 e. The van der Waals surface area contributed by atoms with Crippen LogP contribution in [0.2, 0.25) is 0 Å². The van der Waals surface area contributed by atoms with Gasteiger partial charge in [-0.05, 0) is 60.7 Å². The third kappa shape index (κ3) is 3.55. The molecule has 0 heterocycles. The Labute approximate surface area is 138 Å². The third-order valence-electron chi connectivity index (χ3n) is 3.41. The van der Waals surface area contributed by atoms with Crippen LogP contribution >= 0.6 is 0 Å². The quantitative estimate of drug-likeness (QED) is 0.506. The van der Waals surface area contributed by atoms with Crippen LogP contribution in [0.15, 0.2) is 78.9 Å². The predicted molar refractivity (Wildman–Crippen MR) is 88.0 cm³/mol. The van der Waals surface area contributed by atoms with Crippen molar-refractivity contribution in [3.05, 3.63) is 95.8 Å². The fourth-order valence-electron chi connectivity index (χ4n) is 2.16. The monoisotopic (exact) mass is 320 g/mol. The fraction of sp³-hybridized carbons (Fsp3) is 0. The van der Waals surface area contributed by atoms with Gasteiger partial charge < -0.3 is 4.74 Å². The summed E-state index contributed by atoms with van der Waals surface area (Å²) < 4.78 is 18.5. The van der Waals surface area contributed by atoms with E-state index in [0.717, 1.165) is 12.1 Å². The molecule has 0 unspecified atom stereocenters. The van der Waals surface area contributed by atoms with Crippen molar-refractivity contribution in [2.45, 2.75) is 0 Å². The largest absolute Gasteiger partial charge is 0.457 e. The van der Waals surface area contributed by atoms with Crippen LogP contribution in [-0.2, 0) is 0 Å². The molecule has 4 heteroatoms. The predicted octanol–water partition coefficient (Wildman–Crippen LogP) is 4.68. The highest BCUT2D eigenvalue weighted by molar-refractivity contribution is 6.49. The van der Waals surface area contributed by atoms with Crippen LogP contribution in [0, 0.1) is 5.82 Å². The first-order chi connectivity index (χ1) is 11.6. The molecule has 118 valence electrons. The molecule has 0 saturated heterocycles. The Balaban J connectivity index is 1.74. The van der Waals surface area contributed by atoms with E-state index in [2.05, 4.69) is 0 Å². The minimum atomic E-state index is -0.674. The maximum atomic E-state index is 12.9. The van der Waals surface area contributed by atoms with Crippen molar-refractivity contribution in [3.63, 3.8) is 0 Å². The highest BCUT2D eigenvalue weighted by atomic mass is 19.1. The van der Waals surface area contributed by atoms with Crippen LogP contribution in [0.25, 0.3) is 0 Å². The second kappa shape index (κ2) is 6.87. The molecular formula is C20H13FO3. The number of halogens is 1. The second-order valence-corrected chi connectivity index (χ2v) is 5.10. The van der Waals surface area contributed by atoms with Gasteiger partial charge in [0.25, 0.3) is 0 Å². The third-order valence-corrected chi connectivity index (χ3v) is 3.41. The molecule has 0 saturated carbocycles. The van der Waals surface area contributed by atoms with Gasteiger partial charge in [-0.3, -0.25) is 9.59 Å². The minimum Gasteiger partial charge on any atom is -0.457 e. The number of carbonyl (C=O) groups excluding carboxylic acids is 2. The minimum absolute atomic E-state index is 0.158. The summed E-state index contributed by atoms with van der Waals surface area (Å²) in [5.41, 5.74) is 0.413. The summed E-state index contributed by atoms with van der Waals surface area (Å²) in [5.74, 6) is -0.535. The number of hydrogen-bond donors (Lipinski definition) is 0. The summed E-state index contributed by atoms with van der Waals surface area (Å²) in [4.78, 5) is 24.3.